The number of aliphatic carboxylic acids is 3. The average Bonchev–Trinajstić information content (AvgIpc) is 3.31. The third kappa shape index (κ3) is 37.2. The lowest BCUT2D eigenvalue weighted by Gasteiger charge is -2.17. The molecule has 0 aliphatic carbocycles. The van der Waals surface area contributed by atoms with Crippen molar-refractivity contribution in [3.05, 3.63) is 0 Å². The fourth-order valence-corrected chi connectivity index (χ4v) is 6.00. The Bertz CT molecular complexity index is 1640. The van der Waals surface area contributed by atoms with Crippen LogP contribution in [-0.2, 0) is 66.9 Å². The lowest BCUT2D eigenvalue weighted by atomic mass is 10.1. The number of nitrogens with zero attached hydrogens (tertiary/aromatic N) is 1. The minimum atomic E-state index is -1.50. The molecule has 0 heterocycles. The Morgan fingerprint density at radius 3 is 1.52 bits per heavy atom. The Hall–Kier alpha value is -5.44. The molecule has 0 aromatic carbocycles. The largest absolute Gasteiger partial charge is 0.480 e. The first-order valence-electron chi connectivity index (χ1n) is 21.6. The molecule has 0 aromatic rings. The number of carbonyl (C=O) groups excluding carboxylic acids is 7. The number of hydrogen-bond acceptors (Lipinski definition) is 19. The highest BCUT2D eigenvalue weighted by Crippen LogP contribution is 2.04. The van der Waals surface area contributed by atoms with Gasteiger partial charge in [0.05, 0.1) is 58.1 Å². The van der Waals surface area contributed by atoms with E-state index in [9.17, 15) is 63.3 Å². The van der Waals surface area contributed by atoms with Crippen molar-refractivity contribution in [3.63, 3.8) is 0 Å². The van der Waals surface area contributed by atoms with Gasteiger partial charge in [0.15, 0.2) is 0 Å². The molecular formula is C38H67BrN12O17S. The summed E-state index contributed by atoms with van der Waals surface area (Å²) in [6, 6.07) is -4.09. The number of carboxylic acids is 3. The second-order valence-corrected chi connectivity index (χ2v) is 15.7. The van der Waals surface area contributed by atoms with Crippen molar-refractivity contribution in [2.75, 3.05) is 96.7 Å². The van der Waals surface area contributed by atoms with Crippen LogP contribution in [0.5, 0.6) is 0 Å². The topological polar surface area (TPSA) is 441 Å². The van der Waals surface area contributed by atoms with E-state index in [1.54, 1.807) is 0 Å². The molecule has 0 saturated carbocycles. The molecule has 0 aromatic heterocycles. The first-order chi connectivity index (χ1) is 33.0. The van der Waals surface area contributed by atoms with E-state index in [0.717, 1.165) is 11.9 Å². The molecule has 0 rings (SSSR count). The number of ether oxygens (including phenoxy) is 4. The molecule has 0 bridgehead atoms. The number of rotatable bonds is 43. The van der Waals surface area contributed by atoms with E-state index < -0.39 is 79.3 Å². The molecular weight excluding hydrogens is 1010 g/mol. The Morgan fingerprint density at radius 1 is 0.536 bits per heavy atom. The van der Waals surface area contributed by atoms with Gasteiger partial charge in [-0.25, -0.2) is 20.2 Å². The van der Waals surface area contributed by atoms with Crippen LogP contribution < -0.4 is 59.1 Å². The van der Waals surface area contributed by atoms with E-state index in [-0.39, 0.29) is 127 Å². The predicted molar refractivity (Wildman–Crippen MR) is 249 cm³/mol. The fraction of sp³-hybridized carbons (Fsp3) is 0.711. The maximum atomic E-state index is 12.5. The van der Waals surface area contributed by atoms with Crippen LogP contribution in [0.3, 0.4) is 0 Å². The number of amides is 7. The van der Waals surface area contributed by atoms with Crippen molar-refractivity contribution >= 4 is 93.0 Å². The van der Waals surface area contributed by atoms with Gasteiger partial charge in [-0.2, -0.15) is 5.10 Å². The number of hydrogen-bond donors (Lipinski definition) is 14. The first-order valence-corrected chi connectivity index (χ1v) is 23.7. The van der Waals surface area contributed by atoms with Gasteiger partial charge in [-0.05, 0) is 38.5 Å². The number of nitrogens with one attached hydrogen (secondary N) is 9. The van der Waals surface area contributed by atoms with Crippen LogP contribution in [0.15, 0.2) is 5.10 Å². The summed E-state index contributed by atoms with van der Waals surface area (Å²) in [7, 11) is 0. The highest BCUT2D eigenvalue weighted by Gasteiger charge is 2.25. The number of hydrazine groups is 1. The number of carbonyl (C=O) groups is 10. The van der Waals surface area contributed by atoms with E-state index in [4.69, 9.17) is 30.6 Å². The molecule has 0 fully saturated rings. The van der Waals surface area contributed by atoms with Crippen LogP contribution >= 0.6 is 27.9 Å². The van der Waals surface area contributed by atoms with Gasteiger partial charge in [0.2, 0.25) is 41.4 Å². The number of carboxylic acid groups (broad SMARTS) is 3. The summed E-state index contributed by atoms with van der Waals surface area (Å²) in [6.07, 6.45) is 0.456. The molecule has 394 valence electrons. The molecule has 31 heteroatoms. The predicted octanol–water partition coefficient (Wildman–Crippen LogP) is -4.90. The third-order valence-corrected chi connectivity index (χ3v) is 10.0. The van der Waals surface area contributed by atoms with Gasteiger partial charge in [-0.15, -0.1) is 0 Å². The smallest absolute Gasteiger partial charge is 0.326 e. The van der Waals surface area contributed by atoms with Gasteiger partial charge in [-0.3, -0.25) is 38.3 Å². The van der Waals surface area contributed by atoms with E-state index in [1.807, 2.05) is 0 Å². The summed E-state index contributed by atoms with van der Waals surface area (Å²) in [4.78, 5) is 119. The number of alkyl halides is 1. The zero-order valence-corrected chi connectivity index (χ0v) is 40.6. The monoisotopic (exact) mass is 1070 g/mol. The average molecular weight is 1080 g/mol. The zero-order chi connectivity index (χ0) is 51.7. The first kappa shape index (κ1) is 63.6. The van der Waals surface area contributed by atoms with Gasteiger partial charge >= 0.3 is 17.9 Å². The molecule has 16 N–H and O–H groups in total. The Labute approximate surface area is 410 Å². The maximum Gasteiger partial charge on any atom is 0.326 e. The van der Waals surface area contributed by atoms with Gasteiger partial charge < -0.3 is 82.8 Å². The number of hydrazone groups is 1. The van der Waals surface area contributed by atoms with Crippen molar-refractivity contribution in [2.24, 2.45) is 16.8 Å². The minimum absolute atomic E-state index is 0.0122. The van der Waals surface area contributed by atoms with Crippen molar-refractivity contribution < 1.29 is 82.2 Å². The third-order valence-electron chi connectivity index (χ3n) is 8.67. The fourth-order valence-electron chi connectivity index (χ4n) is 5.18. The van der Waals surface area contributed by atoms with Gasteiger partial charge in [-0.1, -0.05) is 27.9 Å². The van der Waals surface area contributed by atoms with Gasteiger partial charge in [0.1, 0.15) is 37.2 Å². The van der Waals surface area contributed by atoms with E-state index in [2.05, 4.69) is 68.4 Å². The van der Waals surface area contributed by atoms with Crippen molar-refractivity contribution in [1.29, 1.82) is 0 Å². The maximum absolute atomic E-state index is 12.5. The zero-order valence-electron chi connectivity index (χ0n) is 38.1. The SMILES string of the molecule is N/N=C(/CNCC(=O)NSCCCC(=O)NCCOCCOCC(=O)N[C@@H](CCC(=O)NC(CCC(=O)NCCOCCOCC(=O)NC(CCCCNC(=O)CBr)C(=O)O)C(=O)O)C(=O)O)NN. The van der Waals surface area contributed by atoms with Crippen LogP contribution in [-0.4, -0.2) is 195 Å². The summed E-state index contributed by atoms with van der Waals surface area (Å²) in [5.41, 5.74) is 2.27. The van der Waals surface area contributed by atoms with Gasteiger partial charge in [0.25, 0.3) is 0 Å². The molecule has 29 nitrogen and oxygen atoms in total. The molecule has 2 unspecified atom stereocenters. The Morgan fingerprint density at radius 2 is 1.01 bits per heavy atom. The van der Waals surface area contributed by atoms with Crippen LogP contribution in [0.4, 0.5) is 0 Å². The lowest BCUT2D eigenvalue weighted by Crippen LogP contribution is -2.45. The molecule has 0 saturated heterocycles. The Balaban J connectivity index is 4.15. The molecule has 7 amide bonds. The molecule has 69 heavy (non-hydrogen) atoms. The molecule has 0 aliphatic rings. The summed E-state index contributed by atoms with van der Waals surface area (Å²) >= 11 is 4.18. The van der Waals surface area contributed by atoms with Crippen molar-refractivity contribution in [1.82, 2.24) is 47.4 Å². The highest BCUT2D eigenvalue weighted by atomic mass is 79.9. The van der Waals surface area contributed by atoms with Crippen LogP contribution in [0.1, 0.15) is 57.8 Å². The number of amidine groups is 1. The van der Waals surface area contributed by atoms with E-state index in [1.165, 1.54) is 0 Å². The number of unbranched alkanes of at least 4 members (excludes halogenated alkanes) is 1. The summed E-state index contributed by atoms with van der Waals surface area (Å²) < 4.78 is 23.6. The number of nitrogens with two attached hydrogens (primary N) is 2. The van der Waals surface area contributed by atoms with Crippen molar-refractivity contribution in [2.45, 2.75) is 75.9 Å². The normalized spacial score (nSPS) is 12.3. The molecule has 0 spiro atoms. The van der Waals surface area contributed by atoms with Crippen molar-refractivity contribution in [3.8, 4) is 0 Å². The van der Waals surface area contributed by atoms with E-state index in [0.29, 0.717) is 31.6 Å². The highest BCUT2D eigenvalue weighted by molar-refractivity contribution is 9.09. The molecule has 0 aliphatic heterocycles. The summed E-state index contributed by atoms with van der Waals surface area (Å²) in [5, 5.41) is 49.4. The van der Waals surface area contributed by atoms with Crippen LogP contribution in [0, 0.1) is 0 Å². The van der Waals surface area contributed by atoms with E-state index >= 15 is 0 Å². The molecule has 3 atom stereocenters. The summed E-state index contributed by atoms with van der Waals surface area (Å²) in [5.74, 6) is 3.49. The summed E-state index contributed by atoms with van der Waals surface area (Å²) in [6.45, 7) is 0.154. The van der Waals surface area contributed by atoms with Gasteiger partial charge in [0, 0.05) is 44.6 Å². The minimum Gasteiger partial charge on any atom is -0.480 e. The second-order valence-electron chi connectivity index (χ2n) is 14.3. The quantitative estimate of drug-likeness (QED) is 0.00518. The second kappa shape index (κ2) is 41.5. The molecule has 0 radical (unpaired) electrons. The van der Waals surface area contributed by atoms with Crippen LogP contribution in [0.2, 0.25) is 0 Å². The Kier molecular flexibility index (Phi) is 38.3. The number of halogens is 1. The lowest BCUT2D eigenvalue weighted by molar-refractivity contribution is -0.144. The standard InChI is InChI=1S/C38H67BrN12O17S/c39-20-32(55)43-10-2-1-4-25(36(59)60)47-34(57)23-67-17-16-66-14-12-45-30(53)8-6-26(37(61)62)46-31(54)9-7-27(38(63)64)48-35(58)24-68-18-15-65-13-11-44-29(52)5-3-19-69-51-33(56)22-42-21-28(49-40)50-41/h25-27,42H,1-24,40-41H2,(H,43,55)(H,44,52)(H,45,53)(H,46,54)(H,47,57)(H,48,58)(H,49,50)(H,51,56)(H,59,60)(H,61,62)(H,63,64)/t25?,26?,27-/m0/s1. The van der Waals surface area contributed by atoms with Crippen LogP contribution in [0.25, 0.3) is 0 Å².